The van der Waals surface area contributed by atoms with Gasteiger partial charge in [0.15, 0.2) is 5.78 Å². The van der Waals surface area contributed by atoms with Gasteiger partial charge in [0.05, 0.1) is 0 Å². The molecular formula is C18H22O. The number of carbonyl (C=O) groups is 1. The van der Waals surface area contributed by atoms with E-state index in [1.165, 1.54) is 30.4 Å². The molecule has 19 heavy (non-hydrogen) atoms. The van der Waals surface area contributed by atoms with E-state index in [-0.39, 0.29) is 0 Å². The third kappa shape index (κ3) is 1.70. The monoisotopic (exact) mass is 254 g/mol. The maximum atomic E-state index is 11.6. The molecule has 0 saturated heterocycles. The highest BCUT2D eigenvalue weighted by atomic mass is 16.1. The van der Waals surface area contributed by atoms with E-state index < -0.39 is 0 Å². The number of carbonyl (C=O) groups excluding carboxylic acids is 1. The fourth-order valence-corrected chi connectivity index (χ4v) is 4.95. The molecule has 2 unspecified atom stereocenters. The molecule has 0 radical (unpaired) electrons. The van der Waals surface area contributed by atoms with E-state index in [0.29, 0.717) is 5.78 Å². The summed E-state index contributed by atoms with van der Waals surface area (Å²) >= 11 is 0. The number of hydrogen-bond donors (Lipinski definition) is 0. The Morgan fingerprint density at radius 1 is 1.11 bits per heavy atom. The topological polar surface area (TPSA) is 17.1 Å². The van der Waals surface area contributed by atoms with Gasteiger partial charge in [-0.1, -0.05) is 19.1 Å². The highest BCUT2D eigenvalue weighted by Gasteiger charge is 2.42. The van der Waals surface area contributed by atoms with Crippen molar-refractivity contribution in [3.63, 3.8) is 0 Å². The van der Waals surface area contributed by atoms with Gasteiger partial charge >= 0.3 is 0 Å². The lowest BCUT2D eigenvalue weighted by Crippen LogP contribution is -2.29. The highest BCUT2D eigenvalue weighted by Crippen LogP contribution is 2.53. The predicted molar refractivity (Wildman–Crippen MR) is 76.6 cm³/mol. The molecule has 0 aliphatic heterocycles. The van der Waals surface area contributed by atoms with Crippen LogP contribution in [-0.2, 0) is 4.79 Å². The molecule has 0 aromatic rings. The van der Waals surface area contributed by atoms with E-state index in [9.17, 15) is 4.79 Å². The lowest BCUT2D eigenvalue weighted by atomic mass is 9.65. The Morgan fingerprint density at radius 3 is 2.89 bits per heavy atom. The van der Waals surface area contributed by atoms with Gasteiger partial charge < -0.3 is 0 Å². The van der Waals surface area contributed by atoms with Crippen LogP contribution >= 0.6 is 0 Å². The Morgan fingerprint density at radius 2 is 2.00 bits per heavy atom. The van der Waals surface area contributed by atoms with Crippen molar-refractivity contribution < 1.29 is 4.79 Å². The summed E-state index contributed by atoms with van der Waals surface area (Å²) in [7, 11) is 0. The number of fused-ring (bicyclic) bond motifs is 4. The minimum atomic E-state index is 0.338. The molecule has 1 fully saturated rings. The van der Waals surface area contributed by atoms with Gasteiger partial charge in [0.2, 0.25) is 0 Å². The molecule has 0 N–H and O–H groups in total. The third-order valence-electron chi connectivity index (χ3n) is 5.94. The summed E-state index contributed by atoms with van der Waals surface area (Å²) in [5, 5.41) is 0. The van der Waals surface area contributed by atoms with Crippen molar-refractivity contribution >= 4 is 5.78 Å². The minimum absolute atomic E-state index is 0.338. The van der Waals surface area contributed by atoms with Crippen molar-refractivity contribution in [3.05, 3.63) is 34.9 Å². The average Bonchev–Trinajstić information content (AvgIpc) is 2.80. The van der Waals surface area contributed by atoms with E-state index >= 15 is 0 Å². The number of allylic oxidation sites excluding steroid dienone is 6. The quantitative estimate of drug-likeness (QED) is 0.632. The van der Waals surface area contributed by atoms with Crippen molar-refractivity contribution in [3.8, 4) is 0 Å². The molecule has 0 heterocycles. The van der Waals surface area contributed by atoms with Gasteiger partial charge in [-0.2, -0.15) is 0 Å². The summed E-state index contributed by atoms with van der Waals surface area (Å²) in [6.07, 6.45) is 13.8. The summed E-state index contributed by atoms with van der Waals surface area (Å²) in [6.45, 7) is 2.42. The van der Waals surface area contributed by atoms with Crippen LogP contribution < -0.4 is 0 Å². The smallest absolute Gasteiger partial charge is 0.156 e. The molecule has 4 aliphatic rings. The summed E-state index contributed by atoms with van der Waals surface area (Å²) in [6, 6.07) is 0. The van der Waals surface area contributed by atoms with Crippen LogP contribution in [0, 0.1) is 23.7 Å². The first-order chi connectivity index (χ1) is 9.24. The zero-order valence-electron chi connectivity index (χ0n) is 11.7. The van der Waals surface area contributed by atoms with Gasteiger partial charge in [-0.3, -0.25) is 4.79 Å². The van der Waals surface area contributed by atoms with Gasteiger partial charge in [0, 0.05) is 6.42 Å². The molecule has 0 aromatic heterocycles. The van der Waals surface area contributed by atoms with Crippen LogP contribution in [0.1, 0.15) is 45.4 Å². The van der Waals surface area contributed by atoms with Crippen molar-refractivity contribution in [1.82, 2.24) is 0 Å². The SMILES string of the molecule is CC1CC[C@@H]2C1C=CC1=C3CCC(=O)C=C3CC[C@H]12. The lowest BCUT2D eigenvalue weighted by molar-refractivity contribution is -0.114. The fourth-order valence-electron chi connectivity index (χ4n) is 4.95. The van der Waals surface area contributed by atoms with Crippen molar-refractivity contribution in [2.24, 2.45) is 23.7 Å². The van der Waals surface area contributed by atoms with Gasteiger partial charge in [0.1, 0.15) is 0 Å². The molecule has 100 valence electrons. The first kappa shape index (κ1) is 11.7. The van der Waals surface area contributed by atoms with Gasteiger partial charge in [-0.15, -0.1) is 0 Å². The van der Waals surface area contributed by atoms with Crippen molar-refractivity contribution in [2.45, 2.75) is 45.4 Å². The van der Waals surface area contributed by atoms with E-state index in [2.05, 4.69) is 19.1 Å². The first-order valence-corrected chi connectivity index (χ1v) is 7.89. The first-order valence-electron chi connectivity index (χ1n) is 7.89. The second-order valence-corrected chi connectivity index (χ2v) is 6.87. The Labute approximate surface area is 115 Å². The van der Waals surface area contributed by atoms with Crippen LogP contribution in [0.5, 0.6) is 0 Å². The second-order valence-electron chi connectivity index (χ2n) is 6.87. The molecule has 0 spiro atoms. The number of hydrogen-bond acceptors (Lipinski definition) is 1. The van der Waals surface area contributed by atoms with Crippen LogP contribution in [0.4, 0.5) is 0 Å². The molecular weight excluding hydrogens is 232 g/mol. The van der Waals surface area contributed by atoms with Gasteiger partial charge in [0.25, 0.3) is 0 Å². The average molecular weight is 254 g/mol. The zero-order chi connectivity index (χ0) is 13.0. The van der Waals surface area contributed by atoms with E-state index in [0.717, 1.165) is 42.9 Å². The summed E-state index contributed by atoms with van der Waals surface area (Å²) in [5.41, 5.74) is 4.49. The van der Waals surface area contributed by atoms with Gasteiger partial charge in [-0.25, -0.2) is 0 Å². The normalized spacial score (nSPS) is 40.7. The minimum Gasteiger partial charge on any atom is -0.295 e. The lowest BCUT2D eigenvalue weighted by Gasteiger charge is -2.39. The number of ketones is 1. The Hall–Kier alpha value is -1.11. The molecule has 1 saturated carbocycles. The third-order valence-corrected chi connectivity index (χ3v) is 5.94. The largest absolute Gasteiger partial charge is 0.295 e. The summed E-state index contributed by atoms with van der Waals surface area (Å²) < 4.78 is 0. The molecule has 0 bridgehead atoms. The molecule has 1 heteroatoms. The fraction of sp³-hybridized carbons (Fsp3) is 0.611. The Kier molecular flexibility index (Phi) is 2.58. The standard InChI is InChI=1S/C18H22O/c1-11-2-5-16-14(11)8-9-17-15-7-4-13(19)10-12(15)3-6-18(16)17/h8-11,14,16,18H,2-7H2,1H3/t11?,14?,16-,18+/m1/s1. The van der Waals surface area contributed by atoms with E-state index in [1.54, 1.807) is 5.57 Å². The molecule has 1 nitrogen and oxygen atoms in total. The summed E-state index contributed by atoms with van der Waals surface area (Å²) in [4.78, 5) is 11.6. The molecule has 4 rings (SSSR count). The van der Waals surface area contributed by atoms with Crippen molar-refractivity contribution in [2.75, 3.05) is 0 Å². The van der Waals surface area contributed by atoms with Crippen LogP contribution in [0.25, 0.3) is 0 Å². The van der Waals surface area contributed by atoms with E-state index in [1.807, 2.05) is 6.08 Å². The Balaban J connectivity index is 1.78. The Bertz CT molecular complexity index is 520. The second kappa shape index (κ2) is 4.19. The maximum Gasteiger partial charge on any atom is 0.156 e. The zero-order valence-corrected chi connectivity index (χ0v) is 11.7. The molecule has 0 aromatic carbocycles. The molecule has 4 aliphatic carbocycles. The van der Waals surface area contributed by atoms with Crippen LogP contribution in [0.15, 0.2) is 34.9 Å². The van der Waals surface area contributed by atoms with Crippen LogP contribution in [-0.4, -0.2) is 5.78 Å². The molecule has 0 amide bonds. The maximum absolute atomic E-state index is 11.6. The van der Waals surface area contributed by atoms with Crippen LogP contribution in [0.3, 0.4) is 0 Å². The van der Waals surface area contributed by atoms with Crippen LogP contribution in [0.2, 0.25) is 0 Å². The van der Waals surface area contributed by atoms with E-state index in [4.69, 9.17) is 0 Å². The number of rotatable bonds is 0. The summed E-state index contributed by atoms with van der Waals surface area (Å²) in [5.74, 6) is 3.72. The van der Waals surface area contributed by atoms with Gasteiger partial charge in [-0.05, 0) is 78.6 Å². The highest BCUT2D eigenvalue weighted by molar-refractivity contribution is 5.93. The van der Waals surface area contributed by atoms with Crippen molar-refractivity contribution in [1.29, 1.82) is 0 Å². The predicted octanol–water partition coefficient (Wildman–Crippen LogP) is 4.21. The molecule has 4 atom stereocenters.